The maximum Gasteiger partial charge on any atom is 0.373 e. The Morgan fingerprint density at radius 1 is 0.528 bits per heavy atom. The molecule has 0 saturated carbocycles. The number of halogens is 7. The maximum atomic E-state index is 12.0. The molecular weight excluding hydrogens is 1770 g/mol. The number of rotatable bonds is 21. The molecule has 8 aliphatic rings. The van der Waals surface area contributed by atoms with Gasteiger partial charge < -0.3 is 57.3 Å². The van der Waals surface area contributed by atoms with Crippen molar-refractivity contribution < 1.29 is 124 Å². The van der Waals surface area contributed by atoms with Gasteiger partial charge in [-0.2, -0.15) is 28.8 Å². The van der Waals surface area contributed by atoms with E-state index in [9.17, 15) is 14.7 Å². The van der Waals surface area contributed by atoms with Crippen molar-refractivity contribution in [1.82, 2.24) is 0 Å². The number of carbonyl (C=O) groups excluding carboxylic acids is 8. The molecule has 0 bridgehead atoms. The van der Waals surface area contributed by atoms with Crippen molar-refractivity contribution in [3.8, 4) is 34.4 Å². The summed E-state index contributed by atoms with van der Waals surface area (Å²) in [6, 6.07) is 0. The summed E-state index contributed by atoms with van der Waals surface area (Å²) in [4.78, 5) is 74.4. The molecule has 0 spiro atoms. The smallest absolute Gasteiger partial charge is 0.373 e. The number of Topliss-reactive ketones (excluding diaryl/α,β-unsaturated/α-hetero) is 1. The van der Waals surface area contributed by atoms with Gasteiger partial charge in [-0.3, -0.25) is 4.79 Å². The summed E-state index contributed by atoms with van der Waals surface area (Å²) in [5.41, 5.74) is 0. The van der Waals surface area contributed by atoms with Crippen LogP contribution in [0.4, 0.5) is 0 Å². The average Bonchev–Trinajstić information content (AvgIpc) is 0.795. The van der Waals surface area contributed by atoms with E-state index in [4.69, 9.17) is 111 Å². The minimum absolute atomic E-state index is 0. The van der Waals surface area contributed by atoms with Gasteiger partial charge in [0.15, 0.2) is 0 Å². The normalized spacial score (nSPS) is 30.8. The van der Waals surface area contributed by atoms with E-state index in [1.54, 1.807) is 0 Å². The second-order valence-corrected chi connectivity index (χ2v) is 32.8. The summed E-state index contributed by atoms with van der Waals surface area (Å²) in [5.74, 6) is 15.1. The molecule has 8 heterocycles. The molecule has 1 radical (unpaired) electrons. The number of aldehydes is 1. The molecular formula is C79H121Br4Cl3O19Y. The molecule has 8 aliphatic heterocycles. The third kappa shape index (κ3) is 38.8. The van der Waals surface area contributed by atoms with Crippen LogP contribution in [0, 0.1) is 75.9 Å². The monoisotopic (exact) mass is 1880 g/mol. The van der Waals surface area contributed by atoms with Crippen LogP contribution >= 0.6 is 98.5 Å². The number of hydrogen-bond acceptors (Lipinski definition) is 19. The molecule has 1 N–H and O–H groups in total. The van der Waals surface area contributed by atoms with Crippen LogP contribution in [0.25, 0.3) is 0 Å². The molecule has 0 aromatic carbocycles. The Morgan fingerprint density at radius 2 is 0.868 bits per heavy atom. The van der Waals surface area contributed by atoms with Crippen molar-refractivity contribution in [1.29, 1.82) is 0 Å². The van der Waals surface area contributed by atoms with Crippen molar-refractivity contribution in [3.05, 3.63) is 33.2 Å². The Kier molecular flexibility index (Phi) is 61.2. The summed E-state index contributed by atoms with van der Waals surface area (Å²) < 4.78 is 63.3. The second kappa shape index (κ2) is 59.5. The molecule has 8 saturated heterocycles. The zero-order valence-electron chi connectivity index (χ0n) is 61.5. The van der Waals surface area contributed by atoms with E-state index < -0.39 is 23.8 Å². The number of aliphatic hydroxyl groups excluding tert-OH is 1. The number of aliphatic hydroxyl groups is 1. The second-order valence-electron chi connectivity index (χ2n) is 27.2. The molecule has 8 rings (SSSR count). The molecule has 19 nitrogen and oxygen atoms in total. The van der Waals surface area contributed by atoms with Gasteiger partial charge in [-0.1, -0.05) is 164 Å². The summed E-state index contributed by atoms with van der Waals surface area (Å²) in [5, 5.41) is 10.4. The predicted octanol–water partition coefficient (Wildman–Crippen LogP) is 17.5. The molecule has 27 heteroatoms. The molecule has 0 aromatic rings. The van der Waals surface area contributed by atoms with Crippen LogP contribution in [-0.2, 0) is 118 Å². The first-order valence-corrected chi connectivity index (χ1v) is 40.2. The Hall–Kier alpha value is -1.17. The molecule has 106 heavy (non-hydrogen) atoms. The molecule has 23 atom stereocenters. The largest absolute Gasteiger partial charge is 0.378 e. The number of alkyl halides is 3. The van der Waals surface area contributed by atoms with Crippen LogP contribution < -0.4 is 0 Å². The summed E-state index contributed by atoms with van der Waals surface area (Å²) in [6.07, 6.45) is 18.8. The number of hydrogen-bond donors (Lipinski definition) is 1. The van der Waals surface area contributed by atoms with Gasteiger partial charge in [-0.15, -0.1) is 34.8 Å². The first-order valence-electron chi connectivity index (χ1n) is 35.7. The fourth-order valence-corrected chi connectivity index (χ4v) is 16.6. The molecule has 0 aromatic heterocycles. The van der Waals surface area contributed by atoms with Crippen LogP contribution in [0.3, 0.4) is 0 Å². The summed E-state index contributed by atoms with van der Waals surface area (Å²) in [6.45, 7) is 35.8. The third-order valence-electron chi connectivity index (χ3n) is 20.0. The van der Waals surface area contributed by atoms with E-state index in [1.165, 1.54) is 0 Å². The standard InChI is InChI=1S/C26H40BrClO4.C22H32BrClO4.C13H22O3.C12H15Br2ClO2.3CO2.3CH4.Y/c1-6-22-8-9-23-25(31-22)20(5)19(4)24(32-23)17(2)10-12-26(29-14-7-15-30-26)13-11-21(28)16-18(3)27;1-5-18-9-11-20-22(27-18)15(4)14(3)21(28-20)19(26)10-8-17(25)7-6-16(24)12-13(2)23;1-4-10-5-6-11-13(15-10)9(3)8(2)12(7-14)16-11;1-10(14)9-11(15)3-4-12(5-6-13)16-7-2-8-17-12;3*2-1-3;;;;/h17,19-25H,3,6-9,11,13-16H2,1-2,4-5H3;14-16,18-22,26H,2,5-7,9,11-12H2,1,3-4H3;7-13H,4-6H2,1-3H3;11H,1-4,7-9H2;;;;3*1H4;/t17-,19-,20+,21+,22-,23-,24-,25+;14-,15+,16+,18-,19-,20-,21+,22+;8-,9+,10-,11-,12-,13+;11-;;;;;;;/m0001......./s1. The fraction of sp³-hybridized carbons (Fsp3) is 0.785. The number of carbonyl (C=O) groups is 2. The van der Waals surface area contributed by atoms with E-state index in [0.29, 0.717) is 88.2 Å². The number of ether oxygens (including phenoxy) is 10. The average molecular weight is 1890 g/mol. The summed E-state index contributed by atoms with van der Waals surface area (Å²) in [7, 11) is 0. The van der Waals surface area contributed by atoms with Crippen molar-refractivity contribution in [2.45, 2.75) is 327 Å². The van der Waals surface area contributed by atoms with E-state index in [0.717, 1.165) is 116 Å². The van der Waals surface area contributed by atoms with E-state index in [2.05, 4.69) is 187 Å². The number of fused-ring (bicyclic) bond motifs is 3. The topological polar surface area (TPSA) is 249 Å². The van der Waals surface area contributed by atoms with Crippen molar-refractivity contribution >= 4 is 129 Å². The van der Waals surface area contributed by atoms with E-state index in [-0.39, 0.29) is 174 Å². The Balaban J connectivity index is -0.00000131. The molecule has 0 unspecified atom stereocenters. The van der Waals surface area contributed by atoms with Crippen molar-refractivity contribution in [2.24, 2.45) is 41.4 Å². The Morgan fingerprint density at radius 3 is 1.23 bits per heavy atom. The first kappa shape index (κ1) is 109. The number of allylic oxidation sites excluding steroid dienone is 3. The number of ketones is 1. The van der Waals surface area contributed by atoms with Gasteiger partial charge in [0, 0.05) is 90.0 Å². The van der Waals surface area contributed by atoms with Gasteiger partial charge in [0.1, 0.15) is 18.5 Å². The summed E-state index contributed by atoms with van der Waals surface area (Å²) >= 11 is 31.9. The van der Waals surface area contributed by atoms with Gasteiger partial charge in [0.2, 0.25) is 17.4 Å². The van der Waals surface area contributed by atoms with Crippen LogP contribution in [0.1, 0.15) is 220 Å². The zero-order valence-corrected chi connectivity index (χ0v) is 72.9. The van der Waals surface area contributed by atoms with Crippen LogP contribution in [0.2, 0.25) is 0 Å². The van der Waals surface area contributed by atoms with Gasteiger partial charge in [-0.25, -0.2) is 0 Å². The van der Waals surface area contributed by atoms with Crippen molar-refractivity contribution in [2.75, 3.05) is 26.4 Å². The zero-order chi connectivity index (χ0) is 76.7. The maximum absolute atomic E-state index is 12.0. The van der Waals surface area contributed by atoms with E-state index >= 15 is 0 Å². The van der Waals surface area contributed by atoms with Crippen LogP contribution in [0.15, 0.2) is 33.2 Å². The van der Waals surface area contributed by atoms with Crippen LogP contribution in [-0.4, -0.2) is 169 Å². The SMILES string of the molecule is C.C.C.C=C(Br)C[C@H](Cl)CCC(=O)C#C[C@H](O)[C@@H]1O[C@H]2CC[C@H](CC)O[C@@H]2[C@H](C)[C@@H]1C.C=C(Br)C[C@H](Cl)CCC1(C#CBr)OCCCO1.C=C(Br)C[C@H](Cl)CCC1(C#C[C@H](C)[C@@H]2O[C@H]3CC[C@H](CC)O[C@@H]3[C@H](C)[C@@H]2C)OCCCO1.CC[C@H]1CC[C@@H]2O[C@@H](C=O)[C@@H](C)[C@@H](C)[C@H]2O1.O=C=O.O=C=O.O=C=O.[Y]. The Bertz CT molecular complexity index is 2800. The van der Waals surface area contributed by atoms with Gasteiger partial charge in [0.05, 0.1) is 93.6 Å². The van der Waals surface area contributed by atoms with Crippen LogP contribution in [0.5, 0.6) is 0 Å². The molecule has 0 aliphatic carbocycles. The Labute approximate surface area is 708 Å². The van der Waals surface area contributed by atoms with E-state index in [1.807, 2.05) is 0 Å². The molecule has 8 fully saturated rings. The minimum Gasteiger partial charge on any atom is -0.378 e. The quantitative estimate of drug-likeness (QED) is 0.0485. The molecule has 0 amide bonds. The predicted molar refractivity (Wildman–Crippen MR) is 422 cm³/mol. The van der Waals surface area contributed by atoms with Gasteiger partial charge >= 0.3 is 18.5 Å². The van der Waals surface area contributed by atoms with Crippen molar-refractivity contribution in [3.63, 3.8) is 0 Å². The molecule has 603 valence electrons. The minimum atomic E-state index is -0.986. The fourth-order valence-electron chi connectivity index (χ4n) is 13.7. The third-order valence-corrected chi connectivity index (χ3v) is 22.2. The van der Waals surface area contributed by atoms with Gasteiger partial charge in [0.25, 0.3) is 0 Å². The van der Waals surface area contributed by atoms with Gasteiger partial charge in [-0.05, 0) is 188 Å². The first-order chi connectivity index (χ1) is 48.5.